The first kappa shape index (κ1) is 25.4. The third kappa shape index (κ3) is 5.08. The van der Waals surface area contributed by atoms with Crippen molar-refractivity contribution in [1.82, 2.24) is 20.1 Å². The van der Waals surface area contributed by atoms with Gasteiger partial charge in [-0.15, -0.1) is 0 Å². The summed E-state index contributed by atoms with van der Waals surface area (Å²) in [7, 11) is 0. The van der Waals surface area contributed by atoms with Crippen molar-refractivity contribution in [1.29, 1.82) is 5.26 Å². The summed E-state index contributed by atoms with van der Waals surface area (Å²) < 4.78 is 0. The van der Waals surface area contributed by atoms with Gasteiger partial charge in [-0.1, -0.05) is 12.1 Å². The van der Waals surface area contributed by atoms with Crippen LogP contribution in [0, 0.1) is 11.3 Å². The molecule has 0 bridgehead atoms. The van der Waals surface area contributed by atoms with Crippen LogP contribution >= 0.6 is 0 Å². The van der Waals surface area contributed by atoms with Gasteiger partial charge in [0.25, 0.3) is 0 Å². The Hall–Kier alpha value is -2.85. The number of aromatic nitrogens is 1. The van der Waals surface area contributed by atoms with Crippen LogP contribution in [0.3, 0.4) is 0 Å². The number of rotatable bonds is 7. The van der Waals surface area contributed by atoms with Crippen LogP contribution in [0.15, 0.2) is 48.5 Å². The maximum atomic E-state index is 9.22. The molecule has 3 aromatic rings. The molecule has 2 aliphatic heterocycles. The first-order valence-electron chi connectivity index (χ1n) is 14.6. The fourth-order valence-corrected chi connectivity index (χ4v) is 6.81. The van der Waals surface area contributed by atoms with E-state index in [1.54, 1.807) is 0 Å². The van der Waals surface area contributed by atoms with Gasteiger partial charge in [0.05, 0.1) is 11.6 Å². The second-order valence-electron chi connectivity index (χ2n) is 12.0. The first-order valence-corrected chi connectivity index (χ1v) is 14.6. The normalized spacial score (nSPS) is 21.1. The molecule has 0 spiro atoms. The summed E-state index contributed by atoms with van der Waals surface area (Å²) in [5, 5.41) is 14.3. The fraction of sp³-hybridized carbons (Fsp3) is 0.531. The lowest BCUT2D eigenvalue weighted by Crippen LogP contribution is -2.65. The number of benzene rings is 2. The lowest BCUT2D eigenvalue weighted by molar-refractivity contribution is -0.0252. The minimum absolute atomic E-state index is 0.405. The van der Waals surface area contributed by atoms with Crippen LogP contribution in [0.1, 0.15) is 51.5 Å². The average molecular weight is 511 g/mol. The lowest BCUT2D eigenvalue weighted by Gasteiger charge is -2.54. The number of nitriles is 1. The zero-order chi connectivity index (χ0) is 26.1. The molecule has 0 unspecified atom stereocenters. The molecule has 2 N–H and O–H groups in total. The van der Waals surface area contributed by atoms with Crippen molar-refractivity contribution in [2.75, 3.05) is 50.7 Å². The van der Waals surface area contributed by atoms with Gasteiger partial charge >= 0.3 is 0 Å². The van der Waals surface area contributed by atoms with Crippen molar-refractivity contribution in [2.45, 2.75) is 63.6 Å². The van der Waals surface area contributed by atoms with Gasteiger partial charge in [0.2, 0.25) is 0 Å². The minimum atomic E-state index is 0.405. The van der Waals surface area contributed by atoms with E-state index in [0.29, 0.717) is 23.2 Å². The average Bonchev–Trinajstić information content (AvgIpc) is 3.37. The van der Waals surface area contributed by atoms with Crippen molar-refractivity contribution in [3.8, 4) is 17.3 Å². The number of piperazine rings is 1. The fourth-order valence-electron chi connectivity index (χ4n) is 6.81. The van der Waals surface area contributed by atoms with E-state index in [0.717, 1.165) is 36.2 Å². The van der Waals surface area contributed by atoms with Crippen LogP contribution in [0.2, 0.25) is 0 Å². The first-order chi connectivity index (χ1) is 18.5. The maximum Gasteiger partial charge on any atom is 0.0991 e. The van der Waals surface area contributed by atoms with Crippen LogP contribution < -0.4 is 10.2 Å². The zero-order valence-electron chi connectivity index (χ0n) is 23.0. The number of hydrogen-bond donors (Lipinski definition) is 2. The van der Waals surface area contributed by atoms with E-state index < -0.39 is 0 Å². The van der Waals surface area contributed by atoms with Crippen molar-refractivity contribution in [3.05, 3.63) is 54.1 Å². The van der Waals surface area contributed by atoms with Crippen LogP contribution in [-0.2, 0) is 0 Å². The largest absolute Gasteiger partial charge is 0.371 e. The maximum absolute atomic E-state index is 9.22. The predicted molar refractivity (Wildman–Crippen MR) is 157 cm³/mol. The molecule has 1 aliphatic carbocycles. The molecule has 6 nitrogen and oxygen atoms in total. The monoisotopic (exact) mass is 510 g/mol. The number of nitrogens with zero attached hydrogens (tertiary/aromatic N) is 4. The summed E-state index contributed by atoms with van der Waals surface area (Å²) in [5.41, 5.74) is 5.78. The highest BCUT2D eigenvalue weighted by molar-refractivity contribution is 5.87. The lowest BCUT2D eigenvalue weighted by atomic mass is 9.74. The third-order valence-corrected chi connectivity index (χ3v) is 9.49. The van der Waals surface area contributed by atoms with Gasteiger partial charge in [-0.2, -0.15) is 5.26 Å². The van der Waals surface area contributed by atoms with Gasteiger partial charge in [0, 0.05) is 85.7 Å². The van der Waals surface area contributed by atoms with Crippen molar-refractivity contribution in [3.63, 3.8) is 0 Å². The Labute approximate surface area is 227 Å². The highest BCUT2D eigenvalue weighted by atomic mass is 15.3. The number of anilines is 1. The summed E-state index contributed by atoms with van der Waals surface area (Å²) >= 11 is 0. The van der Waals surface area contributed by atoms with Gasteiger partial charge in [-0.05, 0) is 87.9 Å². The summed E-state index contributed by atoms with van der Waals surface area (Å²) in [6, 6.07) is 20.4. The molecular formula is C32H42N6. The number of hydrogen-bond acceptors (Lipinski definition) is 5. The summed E-state index contributed by atoms with van der Waals surface area (Å²) in [6.45, 7) is 12.9. The van der Waals surface area contributed by atoms with E-state index in [9.17, 15) is 5.26 Å². The Morgan fingerprint density at radius 2 is 1.79 bits per heavy atom. The molecule has 0 radical (unpaired) electrons. The van der Waals surface area contributed by atoms with Gasteiger partial charge in [-0.3, -0.25) is 9.80 Å². The van der Waals surface area contributed by atoms with Crippen molar-refractivity contribution in [2.24, 2.45) is 0 Å². The Kier molecular flexibility index (Phi) is 7.18. The van der Waals surface area contributed by atoms with E-state index in [4.69, 9.17) is 0 Å². The van der Waals surface area contributed by atoms with Crippen LogP contribution in [0.4, 0.5) is 5.69 Å². The second kappa shape index (κ2) is 10.7. The molecule has 6 heteroatoms. The highest BCUT2D eigenvalue weighted by Crippen LogP contribution is 2.38. The van der Waals surface area contributed by atoms with E-state index in [2.05, 4.69) is 75.2 Å². The third-order valence-electron chi connectivity index (χ3n) is 9.49. The SMILES string of the molecule is CC(C)N1CCN(C2(CNC3CCN(c4cccc(-c5cc6cc(C#N)ccc6[nH]5)c4)CC3)CCC2)CC1. The predicted octanol–water partition coefficient (Wildman–Crippen LogP) is 5.21. The molecule has 3 heterocycles. The molecule has 6 rings (SSSR count). The molecule has 2 saturated heterocycles. The van der Waals surface area contributed by atoms with Gasteiger partial charge < -0.3 is 15.2 Å². The number of nitrogens with one attached hydrogen (secondary N) is 2. The molecule has 2 aromatic carbocycles. The molecule has 3 fully saturated rings. The van der Waals surface area contributed by atoms with Crippen LogP contribution in [0.5, 0.6) is 0 Å². The molecule has 38 heavy (non-hydrogen) atoms. The summed E-state index contributed by atoms with van der Waals surface area (Å²) in [4.78, 5) is 11.5. The quantitative estimate of drug-likeness (QED) is 0.457. The van der Waals surface area contributed by atoms with E-state index >= 15 is 0 Å². The molecule has 0 amide bonds. The second-order valence-corrected chi connectivity index (χ2v) is 12.0. The molecule has 0 atom stereocenters. The summed E-state index contributed by atoms with van der Waals surface area (Å²) in [5.74, 6) is 0. The summed E-state index contributed by atoms with van der Waals surface area (Å²) in [6.07, 6.45) is 6.50. The minimum Gasteiger partial charge on any atom is -0.371 e. The Morgan fingerprint density at radius 1 is 1.00 bits per heavy atom. The molecule has 1 aromatic heterocycles. The molecular weight excluding hydrogens is 468 g/mol. The van der Waals surface area contributed by atoms with Crippen LogP contribution in [0.25, 0.3) is 22.2 Å². The zero-order valence-corrected chi connectivity index (χ0v) is 23.0. The Balaban J connectivity index is 1.04. The smallest absolute Gasteiger partial charge is 0.0991 e. The number of aromatic amines is 1. The van der Waals surface area contributed by atoms with E-state index in [1.165, 1.54) is 69.5 Å². The highest BCUT2D eigenvalue weighted by Gasteiger charge is 2.43. The van der Waals surface area contributed by atoms with Crippen molar-refractivity contribution < 1.29 is 0 Å². The van der Waals surface area contributed by atoms with Gasteiger partial charge in [0.15, 0.2) is 0 Å². The van der Waals surface area contributed by atoms with E-state index in [-0.39, 0.29) is 0 Å². The number of piperidine rings is 1. The van der Waals surface area contributed by atoms with Crippen molar-refractivity contribution >= 4 is 16.6 Å². The van der Waals surface area contributed by atoms with Gasteiger partial charge in [0.1, 0.15) is 0 Å². The number of fused-ring (bicyclic) bond motifs is 1. The van der Waals surface area contributed by atoms with Crippen LogP contribution in [-0.4, -0.2) is 78.2 Å². The number of H-pyrrole nitrogens is 1. The standard InChI is InChI=1S/C32H42N6/c1-24(2)36-15-17-38(18-16-36)32(11-4-12-32)23-34-28-9-13-37(14-10-28)29-6-3-5-26(20-29)31-21-27-19-25(22-33)7-8-30(27)35-31/h3,5-8,19-21,24,28,34-35H,4,9-18,23H2,1-2H3. The van der Waals surface area contributed by atoms with Gasteiger partial charge in [-0.25, -0.2) is 0 Å². The molecule has 200 valence electrons. The Morgan fingerprint density at radius 3 is 2.47 bits per heavy atom. The molecule has 1 saturated carbocycles. The van der Waals surface area contributed by atoms with E-state index in [1.807, 2.05) is 18.2 Å². The molecule has 3 aliphatic rings. The topological polar surface area (TPSA) is 61.3 Å². The Bertz CT molecular complexity index is 1280.